The van der Waals surface area contributed by atoms with Crippen LogP contribution >= 0.6 is 0 Å². The van der Waals surface area contributed by atoms with Crippen molar-refractivity contribution in [3.05, 3.63) is 71.6 Å². The van der Waals surface area contributed by atoms with Crippen LogP contribution in [0.25, 0.3) is 0 Å². The number of aromatic nitrogens is 9. The molecule has 0 radical (unpaired) electrons. The van der Waals surface area contributed by atoms with Gasteiger partial charge in [0.25, 0.3) is 0 Å². The Morgan fingerprint density at radius 2 is 0.802 bits per heavy atom. The molecule has 4 aromatic rings. The molecule has 0 unspecified atom stereocenters. The van der Waals surface area contributed by atoms with Gasteiger partial charge in [-0.1, -0.05) is 58.8 Å². The van der Waals surface area contributed by atoms with E-state index in [4.69, 9.17) is 104 Å². The summed E-state index contributed by atoms with van der Waals surface area (Å²) >= 11 is 0. The Hall–Kier alpha value is -6.60. The highest BCUT2D eigenvalue weighted by atomic mass is 16.8. The summed E-state index contributed by atoms with van der Waals surface area (Å²) in [6.07, 6.45) is 0.620. The van der Waals surface area contributed by atoms with E-state index in [1.165, 1.54) is 13.8 Å². The number of hydrogen-bond donors (Lipinski definition) is 10. The number of aliphatic hydroxyl groups excluding tert-OH is 6. The van der Waals surface area contributed by atoms with Crippen molar-refractivity contribution in [2.75, 3.05) is 211 Å². The molecule has 0 spiro atoms. The Balaban J connectivity index is 0.650. The summed E-state index contributed by atoms with van der Waals surface area (Å²) in [4.78, 5) is 50.2. The van der Waals surface area contributed by atoms with Gasteiger partial charge in [-0.15, -0.1) is 15.3 Å². The molecule has 712 valence electrons. The first kappa shape index (κ1) is 102. The molecule has 45 nitrogen and oxygen atoms in total. The van der Waals surface area contributed by atoms with Crippen LogP contribution < -0.4 is 21.3 Å². The van der Waals surface area contributed by atoms with E-state index in [9.17, 15) is 49.8 Å². The van der Waals surface area contributed by atoms with Crippen LogP contribution in [-0.4, -0.2) is 401 Å². The van der Waals surface area contributed by atoms with Crippen molar-refractivity contribution < 1.29 is 154 Å². The molecular formula is C81H131N13O32. The Morgan fingerprint density at radius 3 is 1.22 bits per heavy atom. The number of unbranched alkanes of at least 4 members (excludes halogenated alkanes) is 4. The van der Waals surface area contributed by atoms with E-state index in [1.807, 2.05) is 30.3 Å². The van der Waals surface area contributed by atoms with Gasteiger partial charge in [-0.3, -0.25) is 19.2 Å². The van der Waals surface area contributed by atoms with Gasteiger partial charge in [0.05, 0.1) is 269 Å². The minimum absolute atomic E-state index is 0.00302. The molecule has 0 saturated carbocycles. The Labute approximate surface area is 731 Å². The van der Waals surface area contributed by atoms with Crippen LogP contribution in [0.1, 0.15) is 94.3 Å². The minimum atomic E-state index is -1.34. The number of aliphatic hydroxyl groups is 6. The summed E-state index contributed by atoms with van der Waals surface area (Å²) in [5.41, 5.74) is -2.31. The first-order chi connectivity index (χ1) is 61.3. The van der Waals surface area contributed by atoms with Gasteiger partial charge in [-0.2, -0.15) is 0 Å². The molecule has 3 aromatic heterocycles. The molecule has 4 amide bonds. The number of hydrogen-bond acceptors (Lipinski definition) is 38. The van der Waals surface area contributed by atoms with E-state index in [0.717, 1.165) is 24.8 Å². The number of ether oxygens (including phenoxy) is 22. The van der Waals surface area contributed by atoms with E-state index in [2.05, 4.69) is 52.2 Å². The van der Waals surface area contributed by atoms with Crippen LogP contribution in [-0.2, 0) is 169 Å². The van der Waals surface area contributed by atoms with E-state index < -0.39 is 89.9 Å². The van der Waals surface area contributed by atoms with Gasteiger partial charge in [0.1, 0.15) is 82.0 Å². The van der Waals surface area contributed by atoms with Gasteiger partial charge in [-0.05, 0) is 31.2 Å². The number of nitrogens with one attached hydrogen (secondary N) is 4. The predicted molar refractivity (Wildman–Crippen MR) is 432 cm³/mol. The third kappa shape index (κ3) is 34.3. The number of nitrogens with zero attached hydrogens (tertiary/aromatic N) is 9. The quantitative estimate of drug-likeness (QED) is 0.0195. The number of fused-ring (bicyclic) bond motifs is 6. The van der Waals surface area contributed by atoms with Crippen LogP contribution in [0, 0.1) is 0 Å². The van der Waals surface area contributed by atoms with Crippen LogP contribution in [0.5, 0.6) is 0 Å². The van der Waals surface area contributed by atoms with Crippen LogP contribution in [0.4, 0.5) is 0 Å². The zero-order chi connectivity index (χ0) is 88.9. The molecule has 6 aliphatic heterocycles. The SMILES string of the molecule is CC(=O)N[C@H]1[C@H]2OC[C@](COCCOCCOCCOCCn3cc(COCC(COCc4cn(CCOCCOCCOCCOC[C@@]56CO[C@@H](O5)[C@H](NC(C)=O)[C@@H](O)[C@H]6O)nn4)(COCc4cn(CCOCCOCCOCCOC[C@]56CO[C@H](C[C@@H](O)[C@H]5O)O6)nn4)NC(=O)CCCCCNC(=O)CCCCCOCc4ccccc4)nn3)(O2)[C@H](O)[C@@H]1O. The van der Waals surface area contributed by atoms with Crippen LogP contribution in [0.3, 0.4) is 0 Å². The monoisotopic (exact) mass is 1800 g/mol. The molecule has 1 aromatic carbocycles. The fraction of sp³-hybridized carbons (Fsp3) is 0.802. The first-order valence-electron chi connectivity index (χ1n) is 43.4. The average molecular weight is 1800 g/mol. The van der Waals surface area contributed by atoms with E-state index in [0.29, 0.717) is 188 Å². The highest BCUT2D eigenvalue weighted by molar-refractivity contribution is 5.77. The Bertz CT molecular complexity index is 3560. The summed E-state index contributed by atoms with van der Waals surface area (Å²) in [6.45, 7) is 11.1. The van der Waals surface area contributed by atoms with E-state index in [1.54, 1.807) is 32.6 Å². The molecular weight excluding hydrogens is 1670 g/mol. The zero-order valence-electron chi connectivity index (χ0n) is 72.2. The van der Waals surface area contributed by atoms with Crippen LogP contribution in [0.15, 0.2) is 48.9 Å². The van der Waals surface area contributed by atoms with Gasteiger partial charge in [-0.25, -0.2) is 14.0 Å². The lowest BCUT2D eigenvalue weighted by molar-refractivity contribution is -0.238. The predicted octanol–water partition coefficient (Wildman–Crippen LogP) is -3.14. The maximum atomic E-state index is 14.2. The Kier molecular flexibility index (Phi) is 44.8. The number of carbonyl (C=O) groups excluding carboxylic acids is 4. The molecule has 45 heteroatoms. The number of benzene rings is 1. The van der Waals surface area contributed by atoms with Gasteiger partial charge < -0.3 is 156 Å². The summed E-state index contributed by atoms with van der Waals surface area (Å²) in [5.74, 6) is -1.08. The maximum absolute atomic E-state index is 14.2. The third-order valence-corrected chi connectivity index (χ3v) is 21.2. The molecule has 6 saturated heterocycles. The summed E-state index contributed by atoms with van der Waals surface area (Å²) in [5, 5.41) is 101. The van der Waals surface area contributed by atoms with Crippen molar-refractivity contribution in [2.24, 2.45) is 0 Å². The topological polar surface area (TPSA) is 533 Å². The smallest absolute Gasteiger partial charge is 0.220 e. The zero-order valence-corrected chi connectivity index (χ0v) is 72.2. The van der Waals surface area contributed by atoms with Gasteiger partial charge in [0.2, 0.25) is 23.6 Å². The second-order valence-electron chi connectivity index (χ2n) is 31.6. The van der Waals surface area contributed by atoms with Crippen molar-refractivity contribution in [3.8, 4) is 0 Å². The van der Waals surface area contributed by atoms with Crippen LogP contribution in [0.2, 0.25) is 0 Å². The lowest BCUT2D eigenvalue weighted by Crippen LogP contribution is -2.66. The first-order valence-corrected chi connectivity index (χ1v) is 43.4. The van der Waals surface area contributed by atoms with Crippen molar-refractivity contribution in [1.29, 1.82) is 0 Å². The standard InChI is InChI=1S/C81H131N13O32/c1-59(95)83-69-71(100)74(103)80(57-122-76(69)125-80)54-116-40-37-112-34-31-109-28-25-106-22-18-93-44-63(87-90-93)48-119-51-78(85-67(99)15-8-4-10-16-82-66(98)14-9-5-11-20-114-46-61-12-6-3-7-13-61,50-118-47-62-43-92(89-86-62)17-21-105-24-27-108-30-33-111-36-39-115-53-79-56-121-68(124-79)42-65(97)73(79)102)52-120-49-64-45-94(91-88-64)19-23-107-26-29-110-32-35-113-38-41-117-55-81-58-123-77(126-81)70(84-60(2)96)72(101)75(81)104/h3,6-7,12-13,43-45,65,68-77,97,100-104H,4-5,8-11,14-42,46-58H2,1-2H3,(H,82,98)(H,83,95)(H,84,96)(H,85,99)/t65-,68+,69-,70-,71-,72-,73-,74-,75-,76+,77+,79+,80+,81+/m1/s1. The van der Waals surface area contributed by atoms with Crippen molar-refractivity contribution in [1.82, 2.24) is 66.2 Å². The highest BCUT2D eigenvalue weighted by Crippen LogP contribution is 2.40. The second-order valence-corrected chi connectivity index (χ2v) is 31.6. The fourth-order valence-electron chi connectivity index (χ4n) is 14.5. The van der Waals surface area contributed by atoms with Gasteiger partial charge in [0.15, 0.2) is 18.9 Å². The molecule has 0 aliphatic carbocycles. The average Bonchev–Trinajstić information content (AvgIpc) is 1.60. The van der Waals surface area contributed by atoms with Crippen molar-refractivity contribution in [2.45, 2.75) is 208 Å². The van der Waals surface area contributed by atoms with E-state index in [-0.39, 0.29) is 149 Å². The normalized spacial score (nSPS) is 25.3. The largest absolute Gasteiger partial charge is 0.390 e. The van der Waals surface area contributed by atoms with Crippen molar-refractivity contribution >= 4 is 23.6 Å². The highest BCUT2D eigenvalue weighted by Gasteiger charge is 2.61. The van der Waals surface area contributed by atoms with Gasteiger partial charge in [0, 0.05) is 46.3 Å². The summed E-state index contributed by atoms with van der Waals surface area (Å²) < 4.78 is 133. The molecule has 10 N–H and O–H groups in total. The minimum Gasteiger partial charge on any atom is -0.390 e. The molecule has 6 aliphatic rings. The maximum Gasteiger partial charge on any atom is 0.220 e. The lowest BCUT2D eigenvalue weighted by Gasteiger charge is -2.42. The number of amides is 4. The molecule has 14 atom stereocenters. The van der Waals surface area contributed by atoms with E-state index >= 15 is 0 Å². The molecule has 126 heavy (non-hydrogen) atoms. The number of carbonyl (C=O) groups is 4. The second kappa shape index (κ2) is 55.5. The molecule has 10 rings (SSSR count). The number of rotatable bonds is 71. The van der Waals surface area contributed by atoms with Crippen molar-refractivity contribution in [3.63, 3.8) is 0 Å². The molecule has 9 heterocycles. The molecule has 6 fully saturated rings. The Morgan fingerprint density at radius 1 is 0.421 bits per heavy atom. The third-order valence-electron chi connectivity index (χ3n) is 21.2. The molecule has 6 bridgehead atoms. The lowest BCUT2D eigenvalue weighted by atomic mass is 9.88. The van der Waals surface area contributed by atoms with Gasteiger partial charge >= 0.3 is 0 Å². The fourth-order valence-corrected chi connectivity index (χ4v) is 14.5. The summed E-state index contributed by atoms with van der Waals surface area (Å²) in [6, 6.07) is 8.18. The summed E-state index contributed by atoms with van der Waals surface area (Å²) in [7, 11) is 0.